The summed E-state index contributed by atoms with van der Waals surface area (Å²) in [6.45, 7) is 0. The summed E-state index contributed by atoms with van der Waals surface area (Å²) < 4.78 is 30.0. The van der Waals surface area contributed by atoms with Gasteiger partial charge in [-0.1, -0.05) is 31.4 Å². The van der Waals surface area contributed by atoms with E-state index in [1.165, 1.54) is 0 Å². The summed E-state index contributed by atoms with van der Waals surface area (Å²) in [7, 11) is -1.53. The average Bonchev–Trinajstić information content (AvgIpc) is 2.48. The lowest BCUT2D eigenvalue weighted by atomic mass is 10.0. The Morgan fingerprint density at radius 1 is 1.30 bits per heavy atom. The summed E-state index contributed by atoms with van der Waals surface area (Å²) in [6, 6.07) is 6.83. The van der Waals surface area contributed by atoms with E-state index in [-0.39, 0.29) is 11.0 Å². The second kappa shape index (κ2) is 6.59. The second-order valence-electron chi connectivity index (χ2n) is 5.47. The molecular weight excluding hydrogens is 274 g/mol. The van der Waals surface area contributed by atoms with Gasteiger partial charge in [0.1, 0.15) is 5.75 Å². The number of hydrogen-bond donors (Lipinski definition) is 1. The first-order valence-electron chi connectivity index (χ1n) is 7.14. The Morgan fingerprint density at radius 3 is 2.65 bits per heavy atom. The molecule has 1 fully saturated rings. The Labute approximate surface area is 121 Å². The summed E-state index contributed by atoms with van der Waals surface area (Å²) in [6.07, 6.45) is 4.74. The van der Waals surface area contributed by atoms with Gasteiger partial charge in [0.25, 0.3) is 0 Å². The zero-order chi connectivity index (χ0) is 14.6. The van der Waals surface area contributed by atoms with Gasteiger partial charge in [-0.05, 0) is 30.5 Å². The molecule has 0 heterocycles. The molecule has 0 aliphatic heterocycles. The Bertz CT molecular complexity index is 536. The predicted octanol–water partition coefficient (Wildman–Crippen LogP) is 2.44. The third kappa shape index (κ3) is 3.73. The van der Waals surface area contributed by atoms with Crippen molar-refractivity contribution in [3.05, 3.63) is 29.8 Å². The van der Waals surface area contributed by atoms with E-state index in [0.29, 0.717) is 5.75 Å². The summed E-state index contributed by atoms with van der Waals surface area (Å²) in [5.41, 5.74) is 6.89. The molecule has 20 heavy (non-hydrogen) atoms. The van der Waals surface area contributed by atoms with Crippen molar-refractivity contribution in [2.45, 2.75) is 43.4 Å². The van der Waals surface area contributed by atoms with Gasteiger partial charge < -0.3 is 10.5 Å². The number of rotatable bonds is 5. The van der Waals surface area contributed by atoms with E-state index < -0.39 is 15.9 Å². The molecule has 1 unspecified atom stereocenters. The minimum atomic E-state index is -3.12. The maximum absolute atomic E-state index is 12.4. The molecule has 0 spiro atoms. The van der Waals surface area contributed by atoms with Crippen LogP contribution < -0.4 is 10.5 Å². The van der Waals surface area contributed by atoms with Crippen LogP contribution in [-0.2, 0) is 9.84 Å². The van der Waals surface area contributed by atoms with Crippen molar-refractivity contribution in [2.24, 2.45) is 5.73 Å². The van der Waals surface area contributed by atoms with E-state index in [9.17, 15) is 8.42 Å². The average molecular weight is 297 g/mol. The van der Waals surface area contributed by atoms with Crippen LogP contribution in [0.3, 0.4) is 0 Å². The zero-order valence-electron chi connectivity index (χ0n) is 11.9. The first-order valence-corrected chi connectivity index (χ1v) is 8.85. The molecule has 0 radical (unpaired) electrons. The highest BCUT2D eigenvalue weighted by Crippen LogP contribution is 2.27. The monoisotopic (exact) mass is 297 g/mol. The molecule has 4 nitrogen and oxygen atoms in total. The van der Waals surface area contributed by atoms with E-state index in [1.54, 1.807) is 13.2 Å². The van der Waals surface area contributed by atoms with Crippen LogP contribution in [0.2, 0.25) is 0 Å². The van der Waals surface area contributed by atoms with E-state index in [0.717, 1.165) is 37.7 Å². The van der Waals surface area contributed by atoms with Crippen LogP contribution in [0.4, 0.5) is 0 Å². The summed E-state index contributed by atoms with van der Waals surface area (Å²) >= 11 is 0. The number of hydrogen-bond acceptors (Lipinski definition) is 4. The van der Waals surface area contributed by atoms with Crippen molar-refractivity contribution in [3.8, 4) is 5.75 Å². The van der Waals surface area contributed by atoms with Crippen LogP contribution in [0.15, 0.2) is 24.3 Å². The Balaban J connectivity index is 2.07. The standard InChI is InChI=1S/C15H23NO3S/c1-19-13-7-5-6-12(10-13)15(16)11-20(17,18)14-8-3-2-4-9-14/h5-7,10,14-15H,2-4,8-9,11,16H2,1H3. The number of sulfone groups is 1. The van der Waals surface area contributed by atoms with Gasteiger partial charge in [0.2, 0.25) is 0 Å². The van der Waals surface area contributed by atoms with Crippen LogP contribution in [0.1, 0.15) is 43.7 Å². The van der Waals surface area contributed by atoms with Crippen molar-refractivity contribution in [3.63, 3.8) is 0 Å². The zero-order valence-corrected chi connectivity index (χ0v) is 12.7. The van der Waals surface area contributed by atoms with Crippen molar-refractivity contribution < 1.29 is 13.2 Å². The largest absolute Gasteiger partial charge is 0.497 e. The third-order valence-corrected chi connectivity index (χ3v) is 6.30. The summed E-state index contributed by atoms with van der Waals surface area (Å²) in [5, 5.41) is -0.201. The van der Waals surface area contributed by atoms with Gasteiger partial charge >= 0.3 is 0 Å². The van der Waals surface area contributed by atoms with Crippen LogP contribution in [0, 0.1) is 0 Å². The molecule has 0 bridgehead atoms. The fourth-order valence-corrected chi connectivity index (χ4v) is 4.80. The van der Waals surface area contributed by atoms with E-state index >= 15 is 0 Å². The van der Waals surface area contributed by atoms with Gasteiger partial charge in [-0.25, -0.2) is 8.42 Å². The molecular formula is C15H23NO3S. The molecule has 112 valence electrons. The Morgan fingerprint density at radius 2 is 2.00 bits per heavy atom. The third-order valence-electron chi connectivity index (χ3n) is 3.99. The Hall–Kier alpha value is -1.07. The maximum atomic E-state index is 12.4. The molecule has 0 saturated heterocycles. The molecule has 1 saturated carbocycles. The minimum absolute atomic E-state index is 0.0187. The van der Waals surface area contributed by atoms with E-state index in [2.05, 4.69) is 0 Å². The lowest BCUT2D eigenvalue weighted by Crippen LogP contribution is -2.31. The summed E-state index contributed by atoms with van der Waals surface area (Å²) in [4.78, 5) is 0. The highest BCUT2D eigenvalue weighted by Gasteiger charge is 2.29. The molecule has 2 N–H and O–H groups in total. The van der Waals surface area contributed by atoms with Crippen molar-refractivity contribution in [1.82, 2.24) is 0 Å². The van der Waals surface area contributed by atoms with Gasteiger partial charge in [0.15, 0.2) is 9.84 Å². The number of methoxy groups -OCH3 is 1. The normalized spacial score (nSPS) is 18.7. The van der Waals surface area contributed by atoms with Gasteiger partial charge in [0.05, 0.1) is 18.1 Å². The highest BCUT2D eigenvalue weighted by molar-refractivity contribution is 7.92. The molecule has 0 amide bonds. The smallest absolute Gasteiger partial charge is 0.155 e. The minimum Gasteiger partial charge on any atom is -0.497 e. The van der Waals surface area contributed by atoms with Gasteiger partial charge in [-0.15, -0.1) is 0 Å². The predicted molar refractivity (Wildman–Crippen MR) is 80.6 cm³/mol. The molecule has 0 aromatic heterocycles. The number of nitrogens with two attached hydrogens (primary N) is 1. The number of ether oxygens (including phenoxy) is 1. The highest BCUT2D eigenvalue weighted by atomic mass is 32.2. The van der Waals surface area contributed by atoms with Gasteiger partial charge in [0, 0.05) is 6.04 Å². The molecule has 1 aliphatic rings. The van der Waals surface area contributed by atoms with E-state index in [4.69, 9.17) is 10.5 Å². The van der Waals surface area contributed by atoms with Crippen LogP contribution in [0.25, 0.3) is 0 Å². The van der Waals surface area contributed by atoms with Crippen molar-refractivity contribution in [2.75, 3.05) is 12.9 Å². The molecule has 1 aromatic rings. The number of benzene rings is 1. The fourth-order valence-electron chi connectivity index (χ4n) is 2.78. The topological polar surface area (TPSA) is 69.4 Å². The summed E-state index contributed by atoms with van der Waals surface area (Å²) in [5.74, 6) is 0.721. The first-order chi connectivity index (χ1) is 9.53. The van der Waals surface area contributed by atoms with E-state index in [1.807, 2.05) is 18.2 Å². The van der Waals surface area contributed by atoms with Gasteiger partial charge in [-0.3, -0.25) is 0 Å². The fraction of sp³-hybridized carbons (Fsp3) is 0.600. The first kappa shape index (κ1) is 15.3. The van der Waals surface area contributed by atoms with Crippen molar-refractivity contribution >= 4 is 9.84 Å². The van der Waals surface area contributed by atoms with Crippen LogP contribution in [0.5, 0.6) is 5.75 Å². The lowest BCUT2D eigenvalue weighted by Gasteiger charge is -2.23. The quantitative estimate of drug-likeness (QED) is 0.906. The molecule has 1 aliphatic carbocycles. The molecule has 1 atom stereocenters. The van der Waals surface area contributed by atoms with Gasteiger partial charge in [-0.2, -0.15) is 0 Å². The van der Waals surface area contributed by atoms with Crippen LogP contribution in [-0.4, -0.2) is 26.5 Å². The molecule has 2 rings (SSSR count). The van der Waals surface area contributed by atoms with Crippen LogP contribution >= 0.6 is 0 Å². The Kier molecular flexibility index (Phi) is 5.05. The SMILES string of the molecule is COc1cccc(C(N)CS(=O)(=O)C2CCCCC2)c1. The molecule has 1 aromatic carbocycles. The lowest BCUT2D eigenvalue weighted by molar-refractivity contribution is 0.414. The second-order valence-corrected chi connectivity index (χ2v) is 7.80. The van der Waals surface area contributed by atoms with Crippen molar-refractivity contribution in [1.29, 1.82) is 0 Å². The molecule has 5 heteroatoms. The maximum Gasteiger partial charge on any atom is 0.155 e.